The smallest absolute Gasteiger partial charge is 0.122 e. The molecule has 2 heteroatoms. The summed E-state index contributed by atoms with van der Waals surface area (Å²) >= 11 is 0. The van der Waals surface area contributed by atoms with E-state index < -0.39 is 5.60 Å². The molecule has 1 atom stereocenters. The van der Waals surface area contributed by atoms with Gasteiger partial charge in [0.1, 0.15) is 5.75 Å². The van der Waals surface area contributed by atoms with Gasteiger partial charge in [0.15, 0.2) is 0 Å². The van der Waals surface area contributed by atoms with Gasteiger partial charge in [0.2, 0.25) is 0 Å². The first-order chi connectivity index (χ1) is 8.16. The predicted molar refractivity (Wildman–Crippen MR) is 67.3 cm³/mol. The molecule has 1 N–H and O–H groups in total. The van der Waals surface area contributed by atoms with Crippen molar-refractivity contribution < 1.29 is 9.84 Å². The zero-order valence-electron chi connectivity index (χ0n) is 10.4. The predicted octanol–water partition coefficient (Wildman–Crippen LogP) is 3.10. The number of aliphatic hydroxyl groups is 1. The molecule has 0 aromatic heterocycles. The monoisotopic (exact) mass is 232 g/mol. The Bertz CT molecular complexity index is 407. The lowest BCUT2D eigenvalue weighted by molar-refractivity contribution is -0.0799. The molecule has 1 aliphatic carbocycles. The van der Waals surface area contributed by atoms with Gasteiger partial charge in [0, 0.05) is 0 Å². The summed E-state index contributed by atoms with van der Waals surface area (Å²) in [6, 6.07) is 8.26. The van der Waals surface area contributed by atoms with Crippen molar-refractivity contribution in [3.63, 3.8) is 0 Å². The molecule has 2 nitrogen and oxygen atoms in total. The zero-order chi connectivity index (χ0) is 11.9. The Morgan fingerprint density at radius 1 is 1.35 bits per heavy atom. The lowest BCUT2D eigenvalue weighted by Gasteiger charge is -2.44. The quantitative estimate of drug-likeness (QED) is 0.849. The van der Waals surface area contributed by atoms with Crippen LogP contribution in [0.4, 0.5) is 0 Å². The summed E-state index contributed by atoms with van der Waals surface area (Å²) in [4.78, 5) is 0. The molecule has 1 saturated carbocycles. The minimum Gasteiger partial charge on any atom is -0.493 e. The Morgan fingerprint density at radius 2 is 2.12 bits per heavy atom. The third-order valence-electron chi connectivity index (χ3n) is 4.17. The molecule has 92 valence electrons. The van der Waals surface area contributed by atoms with E-state index in [0.717, 1.165) is 38.0 Å². The van der Waals surface area contributed by atoms with Gasteiger partial charge in [0.25, 0.3) is 0 Å². The molecule has 1 unspecified atom stereocenters. The average Bonchev–Trinajstić information content (AvgIpc) is 2.28. The highest BCUT2D eigenvalue weighted by Crippen LogP contribution is 2.46. The summed E-state index contributed by atoms with van der Waals surface area (Å²) in [5.74, 6) is 2.17. The molecule has 1 heterocycles. The first-order valence-electron chi connectivity index (χ1n) is 6.60. The summed E-state index contributed by atoms with van der Waals surface area (Å²) in [6.07, 6.45) is 3.87. The van der Waals surface area contributed by atoms with Gasteiger partial charge in [-0.15, -0.1) is 0 Å². The van der Waals surface area contributed by atoms with E-state index in [0.29, 0.717) is 11.8 Å². The topological polar surface area (TPSA) is 29.5 Å². The Labute approximate surface area is 103 Å². The maximum Gasteiger partial charge on any atom is 0.122 e. The second-order valence-corrected chi connectivity index (χ2v) is 5.81. The van der Waals surface area contributed by atoms with E-state index in [4.69, 9.17) is 4.74 Å². The van der Waals surface area contributed by atoms with E-state index in [1.54, 1.807) is 0 Å². The van der Waals surface area contributed by atoms with Crippen molar-refractivity contribution in [2.24, 2.45) is 5.92 Å². The minimum atomic E-state index is -0.408. The van der Waals surface area contributed by atoms with Crippen LogP contribution >= 0.6 is 0 Å². The molecule has 1 aromatic rings. The van der Waals surface area contributed by atoms with Gasteiger partial charge in [-0.3, -0.25) is 0 Å². The minimum absolute atomic E-state index is 0.408. The molecule has 0 amide bonds. The van der Waals surface area contributed by atoms with Crippen LogP contribution in [0, 0.1) is 5.92 Å². The van der Waals surface area contributed by atoms with Crippen LogP contribution in [-0.4, -0.2) is 17.3 Å². The third-order valence-corrected chi connectivity index (χ3v) is 4.17. The first-order valence-corrected chi connectivity index (χ1v) is 6.60. The van der Waals surface area contributed by atoms with Crippen LogP contribution in [0.5, 0.6) is 5.75 Å². The fraction of sp³-hybridized carbons (Fsp3) is 0.600. The molecular weight excluding hydrogens is 212 g/mol. The summed E-state index contributed by atoms with van der Waals surface area (Å²) in [7, 11) is 0. The number of rotatable bonds is 2. The Morgan fingerprint density at radius 3 is 2.88 bits per heavy atom. The van der Waals surface area contributed by atoms with Crippen LogP contribution in [0.25, 0.3) is 0 Å². The molecule has 2 aliphatic rings. The van der Waals surface area contributed by atoms with Crippen LogP contribution in [0.15, 0.2) is 24.3 Å². The molecule has 1 fully saturated rings. The molecular formula is C15H20O2. The number of benzene rings is 1. The summed E-state index contributed by atoms with van der Waals surface area (Å²) in [5.41, 5.74) is 0.876. The summed E-state index contributed by atoms with van der Waals surface area (Å²) < 4.78 is 5.66. The fourth-order valence-corrected chi connectivity index (χ4v) is 3.49. The molecule has 17 heavy (non-hydrogen) atoms. The van der Waals surface area contributed by atoms with Crippen molar-refractivity contribution in [2.75, 3.05) is 6.61 Å². The van der Waals surface area contributed by atoms with Crippen molar-refractivity contribution in [2.45, 2.75) is 44.1 Å². The molecule has 0 bridgehead atoms. The van der Waals surface area contributed by atoms with Crippen molar-refractivity contribution in [3.8, 4) is 5.75 Å². The second kappa shape index (κ2) is 4.02. The molecule has 0 spiro atoms. The maximum atomic E-state index is 10.4. The molecule has 1 aliphatic heterocycles. The van der Waals surface area contributed by atoms with Crippen molar-refractivity contribution in [1.29, 1.82) is 0 Å². The van der Waals surface area contributed by atoms with Crippen LogP contribution in [0.1, 0.15) is 44.1 Å². The molecule has 0 radical (unpaired) electrons. The van der Waals surface area contributed by atoms with Gasteiger partial charge in [-0.25, -0.2) is 0 Å². The van der Waals surface area contributed by atoms with Crippen LogP contribution in [0.2, 0.25) is 0 Å². The lowest BCUT2D eigenvalue weighted by atomic mass is 9.66. The van der Waals surface area contributed by atoms with Crippen molar-refractivity contribution in [1.82, 2.24) is 0 Å². The normalized spacial score (nSPS) is 35.6. The average molecular weight is 232 g/mol. The molecule has 0 saturated heterocycles. The largest absolute Gasteiger partial charge is 0.493 e. The van der Waals surface area contributed by atoms with E-state index in [-0.39, 0.29) is 0 Å². The van der Waals surface area contributed by atoms with Gasteiger partial charge in [-0.05, 0) is 49.1 Å². The van der Waals surface area contributed by atoms with Gasteiger partial charge in [-0.1, -0.05) is 25.1 Å². The van der Waals surface area contributed by atoms with E-state index >= 15 is 0 Å². The zero-order valence-corrected chi connectivity index (χ0v) is 10.4. The highest BCUT2D eigenvalue weighted by Gasteiger charge is 2.42. The molecule has 3 rings (SSSR count). The summed E-state index contributed by atoms with van der Waals surface area (Å²) in [5, 5.41) is 10.4. The SMILES string of the molecule is CC1CC(O)(CC2CCOc3ccccc32)C1. The van der Waals surface area contributed by atoms with Crippen LogP contribution < -0.4 is 4.74 Å². The van der Waals surface area contributed by atoms with E-state index in [1.807, 2.05) is 12.1 Å². The maximum absolute atomic E-state index is 10.4. The highest BCUT2D eigenvalue weighted by atomic mass is 16.5. The Kier molecular flexibility index (Phi) is 2.62. The number of ether oxygens (including phenoxy) is 1. The second-order valence-electron chi connectivity index (χ2n) is 5.81. The third kappa shape index (κ3) is 2.06. The van der Waals surface area contributed by atoms with Gasteiger partial charge in [0.05, 0.1) is 12.2 Å². The number of fused-ring (bicyclic) bond motifs is 1. The Hall–Kier alpha value is -1.02. The van der Waals surface area contributed by atoms with Gasteiger partial charge in [-0.2, -0.15) is 0 Å². The van der Waals surface area contributed by atoms with Crippen LogP contribution in [0.3, 0.4) is 0 Å². The van der Waals surface area contributed by atoms with Crippen molar-refractivity contribution >= 4 is 0 Å². The molecule has 1 aromatic carbocycles. The number of hydrogen-bond donors (Lipinski definition) is 1. The lowest BCUT2D eigenvalue weighted by Crippen LogP contribution is -2.44. The van der Waals surface area contributed by atoms with E-state index in [2.05, 4.69) is 19.1 Å². The Balaban J connectivity index is 1.77. The van der Waals surface area contributed by atoms with E-state index in [9.17, 15) is 5.11 Å². The number of para-hydroxylation sites is 1. The van der Waals surface area contributed by atoms with Crippen LogP contribution in [-0.2, 0) is 0 Å². The fourth-order valence-electron chi connectivity index (χ4n) is 3.49. The standard InChI is InChI=1S/C15H20O2/c1-11-8-15(16,9-11)10-12-6-7-17-14-5-3-2-4-13(12)14/h2-5,11-12,16H,6-10H2,1H3. The first kappa shape index (κ1) is 11.1. The van der Waals surface area contributed by atoms with Gasteiger partial charge >= 0.3 is 0 Å². The summed E-state index contributed by atoms with van der Waals surface area (Å²) in [6.45, 7) is 3.00. The van der Waals surface area contributed by atoms with Crippen molar-refractivity contribution in [3.05, 3.63) is 29.8 Å². The number of hydrogen-bond acceptors (Lipinski definition) is 2. The van der Waals surface area contributed by atoms with Gasteiger partial charge < -0.3 is 9.84 Å². The highest BCUT2D eigenvalue weighted by molar-refractivity contribution is 5.38. The van der Waals surface area contributed by atoms with E-state index in [1.165, 1.54) is 5.56 Å².